The van der Waals surface area contributed by atoms with Gasteiger partial charge in [-0.1, -0.05) is 0 Å². The van der Waals surface area contributed by atoms with Gasteiger partial charge in [-0.15, -0.1) is 0 Å². The Morgan fingerprint density at radius 1 is 1.05 bits per heavy atom. The number of carbonyl (C=O) groups excluding carboxylic acids is 1. The van der Waals surface area contributed by atoms with Crippen molar-refractivity contribution in [2.24, 2.45) is 0 Å². The zero-order valence-corrected chi connectivity index (χ0v) is 10.4. The van der Waals surface area contributed by atoms with Crippen LogP contribution in [-0.4, -0.2) is 12.9 Å². The van der Waals surface area contributed by atoms with Gasteiger partial charge >= 0.3 is 0 Å². The van der Waals surface area contributed by atoms with E-state index in [1.54, 1.807) is 0 Å². The summed E-state index contributed by atoms with van der Waals surface area (Å²) in [6, 6.07) is 4.70. The fraction of sp³-hybridized carbons (Fsp3) is 0.0714. The van der Waals surface area contributed by atoms with Crippen LogP contribution in [0.25, 0.3) is 0 Å². The van der Waals surface area contributed by atoms with Crippen LogP contribution in [0.3, 0.4) is 0 Å². The van der Waals surface area contributed by atoms with Gasteiger partial charge in [0.2, 0.25) is 0 Å². The zero-order chi connectivity index (χ0) is 14.9. The number of halogens is 3. The van der Waals surface area contributed by atoms with E-state index in [0.29, 0.717) is 12.1 Å². The fourth-order valence-electron chi connectivity index (χ4n) is 1.76. The molecule has 2 aromatic carbocycles. The maximum absolute atomic E-state index is 13.2. The number of hydrogen-bond acceptors (Lipinski definition) is 3. The maximum Gasteiger partial charge on any atom is 0.199 e. The van der Waals surface area contributed by atoms with Crippen LogP contribution in [0.2, 0.25) is 0 Å². The minimum Gasteiger partial charge on any atom is -0.496 e. The first-order valence-electron chi connectivity index (χ1n) is 5.56. The van der Waals surface area contributed by atoms with Gasteiger partial charge in [0.25, 0.3) is 0 Å². The van der Waals surface area contributed by atoms with E-state index >= 15 is 0 Å². The zero-order valence-electron chi connectivity index (χ0n) is 10.4. The Bertz CT molecular complexity index is 686. The number of carbonyl (C=O) groups is 1. The largest absolute Gasteiger partial charge is 0.496 e. The molecular formula is C14H10F3NO2. The molecular weight excluding hydrogens is 271 g/mol. The molecule has 0 fully saturated rings. The summed E-state index contributed by atoms with van der Waals surface area (Å²) in [4.78, 5) is 12.2. The number of nitrogens with two attached hydrogens (primary N) is 1. The molecule has 0 aromatic heterocycles. The van der Waals surface area contributed by atoms with Crippen LogP contribution >= 0.6 is 0 Å². The van der Waals surface area contributed by atoms with Crippen molar-refractivity contribution in [1.29, 1.82) is 0 Å². The van der Waals surface area contributed by atoms with E-state index in [0.717, 1.165) is 12.1 Å². The van der Waals surface area contributed by atoms with Crippen LogP contribution in [0.1, 0.15) is 15.9 Å². The summed E-state index contributed by atoms with van der Waals surface area (Å²) < 4.78 is 44.4. The molecule has 0 unspecified atom stereocenters. The molecule has 0 aliphatic heterocycles. The third-order valence-corrected chi connectivity index (χ3v) is 2.74. The Kier molecular flexibility index (Phi) is 3.65. The lowest BCUT2D eigenvalue weighted by atomic mass is 10.0. The molecule has 6 heteroatoms. The van der Waals surface area contributed by atoms with E-state index in [-0.39, 0.29) is 22.6 Å². The fourth-order valence-corrected chi connectivity index (χ4v) is 1.76. The van der Waals surface area contributed by atoms with Gasteiger partial charge in [-0.2, -0.15) is 0 Å². The average molecular weight is 281 g/mol. The first-order valence-corrected chi connectivity index (χ1v) is 5.56. The number of methoxy groups -OCH3 is 1. The summed E-state index contributed by atoms with van der Waals surface area (Å²) in [6.07, 6.45) is 0. The van der Waals surface area contributed by atoms with E-state index in [1.807, 2.05) is 0 Å². The number of anilines is 1. The molecule has 0 saturated carbocycles. The summed E-state index contributed by atoms with van der Waals surface area (Å²) in [5.74, 6) is -3.67. The van der Waals surface area contributed by atoms with Gasteiger partial charge in [-0.05, 0) is 24.3 Å². The Hall–Kier alpha value is -2.50. The lowest BCUT2D eigenvalue weighted by molar-refractivity contribution is 0.103. The van der Waals surface area contributed by atoms with Crippen LogP contribution in [0.15, 0.2) is 30.3 Å². The molecule has 0 amide bonds. The number of ketones is 1. The van der Waals surface area contributed by atoms with E-state index in [9.17, 15) is 18.0 Å². The van der Waals surface area contributed by atoms with E-state index in [4.69, 9.17) is 10.5 Å². The van der Waals surface area contributed by atoms with Crippen molar-refractivity contribution in [3.8, 4) is 5.75 Å². The number of hydrogen-bond donors (Lipinski definition) is 1. The van der Waals surface area contributed by atoms with Gasteiger partial charge in [0.05, 0.1) is 12.7 Å². The van der Waals surface area contributed by atoms with E-state index in [1.165, 1.54) is 13.2 Å². The predicted octanol–water partition coefficient (Wildman–Crippen LogP) is 2.93. The highest BCUT2D eigenvalue weighted by Crippen LogP contribution is 2.26. The standard InChI is InChI=1S/C14H10F3NO2/c1-20-13-3-2-7(15)4-9(13)14(19)8-5-10(16)11(17)6-12(8)18/h2-6H,18H2,1H3. The topological polar surface area (TPSA) is 52.3 Å². The normalized spacial score (nSPS) is 10.4. The van der Waals surface area contributed by atoms with Gasteiger partial charge in [0, 0.05) is 17.3 Å². The number of nitrogen functional groups attached to an aromatic ring is 1. The average Bonchev–Trinajstić information content (AvgIpc) is 2.42. The first kappa shape index (κ1) is 13.9. The Labute approximate surface area is 112 Å². The smallest absolute Gasteiger partial charge is 0.199 e. The molecule has 0 radical (unpaired) electrons. The van der Waals surface area contributed by atoms with Gasteiger partial charge in [0.15, 0.2) is 17.4 Å². The molecule has 0 aliphatic carbocycles. The number of benzene rings is 2. The van der Waals surface area contributed by atoms with Crippen LogP contribution in [0.5, 0.6) is 5.75 Å². The molecule has 0 atom stereocenters. The van der Waals surface area contributed by atoms with E-state index < -0.39 is 23.2 Å². The monoisotopic (exact) mass is 281 g/mol. The maximum atomic E-state index is 13.2. The summed E-state index contributed by atoms with van der Waals surface area (Å²) in [6.45, 7) is 0. The SMILES string of the molecule is COc1ccc(F)cc1C(=O)c1cc(F)c(F)cc1N. The minimum absolute atomic E-state index is 0.112. The molecule has 104 valence electrons. The predicted molar refractivity (Wildman–Crippen MR) is 67.2 cm³/mol. The van der Waals surface area contributed by atoms with Crippen molar-refractivity contribution in [2.45, 2.75) is 0 Å². The quantitative estimate of drug-likeness (QED) is 0.695. The summed E-state index contributed by atoms with van der Waals surface area (Å²) in [5.41, 5.74) is 4.88. The van der Waals surface area contributed by atoms with Gasteiger partial charge < -0.3 is 10.5 Å². The van der Waals surface area contributed by atoms with Crippen molar-refractivity contribution in [3.63, 3.8) is 0 Å². The van der Waals surface area contributed by atoms with Crippen LogP contribution in [0.4, 0.5) is 18.9 Å². The van der Waals surface area contributed by atoms with Gasteiger partial charge in [0.1, 0.15) is 11.6 Å². The molecule has 0 aliphatic rings. The molecule has 20 heavy (non-hydrogen) atoms. The van der Waals surface area contributed by atoms with E-state index in [2.05, 4.69) is 0 Å². The van der Waals surface area contributed by atoms with Crippen molar-refractivity contribution in [2.75, 3.05) is 12.8 Å². The molecule has 3 nitrogen and oxygen atoms in total. The molecule has 0 saturated heterocycles. The summed E-state index contributed by atoms with van der Waals surface area (Å²) in [7, 11) is 1.30. The molecule has 0 bridgehead atoms. The van der Waals surface area contributed by atoms with Crippen LogP contribution in [-0.2, 0) is 0 Å². The Morgan fingerprint density at radius 3 is 2.35 bits per heavy atom. The first-order chi connectivity index (χ1) is 9.43. The number of ether oxygens (including phenoxy) is 1. The molecule has 2 rings (SSSR count). The van der Waals surface area contributed by atoms with Gasteiger partial charge in [-0.25, -0.2) is 13.2 Å². The van der Waals surface area contributed by atoms with Crippen molar-refractivity contribution in [1.82, 2.24) is 0 Å². The van der Waals surface area contributed by atoms with Crippen LogP contribution in [0, 0.1) is 17.5 Å². The van der Waals surface area contributed by atoms with Crippen molar-refractivity contribution in [3.05, 3.63) is 58.9 Å². The second-order valence-electron chi connectivity index (χ2n) is 4.03. The molecule has 2 aromatic rings. The van der Waals surface area contributed by atoms with Gasteiger partial charge in [-0.3, -0.25) is 4.79 Å². The lowest BCUT2D eigenvalue weighted by Gasteiger charge is -2.10. The van der Waals surface area contributed by atoms with Crippen LogP contribution < -0.4 is 10.5 Å². The second kappa shape index (κ2) is 5.24. The number of rotatable bonds is 3. The highest BCUT2D eigenvalue weighted by Gasteiger charge is 2.20. The van der Waals surface area contributed by atoms with Crippen molar-refractivity contribution < 1.29 is 22.7 Å². The Balaban J connectivity index is 2.57. The summed E-state index contributed by atoms with van der Waals surface area (Å²) in [5, 5.41) is 0. The summed E-state index contributed by atoms with van der Waals surface area (Å²) >= 11 is 0. The second-order valence-corrected chi connectivity index (χ2v) is 4.03. The highest BCUT2D eigenvalue weighted by atomic mass is 19.2. The molecule has 0 spiro atoms. The minimum atomic E-state index is -1.21. The lowest BCUT2D eigenvalue weighted by Crippen LogP contribution is -2.09. The third kappa shape index (κ3) is 2.45. The molecule has 2 N–H and O–H groups in total. The third-order valence-electron chi connectivity index (χ3n) is 2.74. The highest BCUT2D eigenvalue weighted by molar-refractivity contribution is 6.13. The Morgan fingerprint density at radius 2 is 1.70 bits per heavy atom. The van der Waals surface area contributed by atoms with Crippen molar-refractivity contribution >= 4 is 11.5 Å². The molecule has 0 heterocycles.